The minimum Gasteiger partial charge on any atom is -0.462 e. The average molecular weight is 251 g/mol. The smallest absolute Gasteiger partial charge is 0.309 e. The van der Waals surface area contributed by atoms with Gasteiger partial charge < -0.3 is 15.3 Å². The van der Waals surface area contributed by atoms with E-state index in [0.29, 0.717) is 11.8 Å². The highest BCUT2D eigenvalue weighted by Gasteiger charge is 2.55. The molecule has 7 atom stereocenters. The minimum atomic E-state index is -0.103. The second-order valence-corrected chi connectivity index (χ2v) is 6.27. The van der Waals surface area contributed by atoms with E-state index < -0.39 is 0 Å². The van der Waals surface area contributed by atoms with Crippen molar-refractivity contribution in [1.82, 2.24) is 0 Å². The Bertz CT molecular complexity index is 370. The molecule has 0 radical (unpaired) electrons. The van der Waals surface area contributed by atoms with Crippen molar-refractivity contribution in [2.75, 3.05) is 0 Å². The summed E-state index contributed by atoms with van der Waals surface area (Å²) in [5, 5.41) is 0. The number of esters is 1. The summed E-state index contributed by atoms with van der Waals surface area (Å²) >= 11 is 0. The molecule has 2 N–H and O–H groups in total. The molecule has 1 saturated heterocycles. The number of hydrogen-bond acceptors (Lipinski definition) is 4. The Morgan fingerprint density at radius 3 is 2.83 bits per heavy atom. The third kappa shape index (κ3) is 1.69. The van der Waals surface area contributed by atoms with Gasteiger partial charge in [-0.2, -0.15) is 0 Å². The third-order valence-corrected chi connectivity index (χ3v) is 5.35. The van der Waals surface area contributed by atoms with Gasteiger partial charge >= 0.3 is 5.97 Å². The first kappa shape index (κ1) is 12.2. The van der Waals surface area contributed by atoms with Crippen LogP contribution in [-0.2, 0) is 14.3 Å². The molecule has 4 nitrogen and oxygen atoms in total. The molecule has 4 heteroatoms. The van der Waals surface area contributed by atoms with Crippen molar-refractivity contribution in [3.8, 4) is 0 Å². The topological polar surface area (TPSA) is 69.4 Å². The maximum absolute atomic E-state index is 11.9. The summed E-state index contributed by atoms with van der Waals surface area (Å²) in [6.45, 7) is 1.92. The van der Waals surface area contributed by atoms with Gasteiger partial charge in [0.05, 0.1) is 5.92 Å². The molecule has 1 heterocycles. The molecule has 100 valence electrons. The van der Waals surface area contributed by atoms with Crippen molar-refractivity contribution in [2.24, 2.45) is 35.3 Å². The predicted molar refractivity (Wildman–Crippen MR) is 65.5 cm³/mol. The lowest BCUT2D eigenvalue weighted by Gasteiger charge is -2.45. The Kier molecular flexibility index (Phi) is 2.93. The van der Waals surface area contributed by atoms with Crippen LogP contribution in [0, 0.1) is 29.6 Å². The van der Waals surface area contributed by atoms with E-state index in [-0.39, 0.29) is 35.9 Å². The molecule has 3 rings (SSSR count). The minimum absolute atomic E-state index is 0.0114. The van der Waals surface area contributed by atoms with Crippen LogP contribution in [0.5, 0.6) is 0 Å². The first-order chi connectivity index (χ1) is 8.61. The van der Waals surface area contributed by atoms with E-state index in [9.17, 15) is 9.59 Å². The zero-order chi connectivity index (χ0) is 12.9. The summed E-state index contributed by atoms with van der Waals surface area (Å²) in [5.41, 5.74) is 6.02. The number of carbonyl (C=O) groups is 2. The van der Waals surface area contributed by atoms with Gasteiger partial charge in [-0.3, -0.25) is 4.79 Å². The number of nitrogens with two attached hydrogens (primary N) is 1. The highest BCUT2D eigenvalue weighted by molar-refractivity contribution is 5.76. The Labute approximate surface area is 107 Å². The Morgan fingerprint density at radius 2 is 2.11 bits per heavy atom. The second kappa shape index (κ2) is 4.34. The average Bonchev–Trinajstić information content (AvgIpc) is 2.62. The molecule has 2 saturated carbocycles. The van der Waals surface area contributed by atoms with Crippen LogP contribution in [-0.4, -0.2) is 24.4 Å². The first-order valence-electron chi connectivity index (χ1n) is 7.03. The number of cyclic esters (lactones) is 1. The lowest BCUT2D eigenvalue weighted by atomic mass is 9.57. The Balaban J connectivity index is 1.89. The standard InChI is InChI=1S/C14H21NO3/c1-7-13-11(14(17)18-7)5-8-4-9(15)2-3-10(8)12(13)6-16/h6-13H,2-5,15H2,1H3/t7-,8?,9-,10-,11+,12+,13-/m1/s1. The van der Waals surface area contributed by atoms with E-state index in [1.165, 1.54) is 0 Å². The van der Waals surface area contributed by atoms with Crippen molar-refractivity contribution < 1.29 is 14.3 Å². The molecule has 0 aromatic heterocycles. The highest BCUT2D eigenvalue weighted by Crippen LogP contribution is 2.52. The molecule has 0 aromatic rings. The SMILES string of the molecule is C[C@H]1OC(=O)[C@H]2CC3C[C@H](N)CC[C@H]3[C@H](C=O)[C@@H]21. The fourth-order valence-electron chi connectivity index (χ4n) is 4.57. The molecule has 1 aliphatic heterocycles. The van der Waals surface area contributed by atoms with Gasteiger partial charge in [-0.25, -0.2) is 0 Å². The normalized spacial score (nSPS) is 51.2. The van der Waals surface area contributed by atoms with Crippen LogP contribution in [0.2, 0.25) is 0 Å². The molecule has 3 fully saturated rings. The number of carbonyl (C=O) groups excluding carboxylic acids is 2. The summed E-state index contributed by atoms with van der Waals surface area (Å²) in [5.74, 6) is 0.774. The van der Waals surface area contributed by atoms with Crippen LogP contribution in [0.25, 0.3) is 0 Å². The summed E-state index contributed by atoms with van der Waals surface area (Å²) in [6.07, 6.45) is 4.83. The van der Waals surface area contributed by atoms with Crippen LogP contribution in [0.3, 0.4) is 0 Å². The van der Waals surface area contributed by atoms with Gasteiger partial charge in [-0.1, -0.05) is 0 Å². The van der Waals surface area contributed by atoms with Crippen molar-refractivity contribution in [1.29, 1.82) is 0 Å². The quantitative estimate of drug-likeness (QED) is 0.560. The zero-order valence-electron chi connectivity index (χ0n) is 10.7. The van der Waals surface area contributed by atoms with Gasteiger partial charge in [0.2, 0.25) is 0 Å². The van der Waals surface area contributed by atoms with E-state index in [2.05, 4.69) is 0 Å². The van der Waals surface area contributed by atoms with Crippen LogP contribution in [0.4, 0.5) is 0 Å². The molecule has 0 spiro atoms. The van der Waals surface area contributed by atoms with Crippen molar-refractivity contribution in [2.45, 2.75) is 44.8 Å². The van der Waals surface area contributed by atoms with Gasteiger partial charge in [0.15, 0.2) is 0 Å². The van der Waals surface area contributed by atoms with Gasteiger partial charge in [0, 0.05) is 17.9 Å². The maximum atomic E-state index is 11.9. The molecular weight excluding hydrogens is 230 g/mol. The molecular formula is C14H21NO3. The van der Waals surface area contributed by atoms with E-state index >= 15 is 0 Å². The summed E-state index contributed by atoms with van der Waals surface area (Å²) in [6, 6.07) is 0.241. The van der Waals surface area contributed by atoms with E-state index in [1.54, 1.807) is 0 Å². The first-order valence-corrected chi connectivity index (χ1v) is 7.03. The molecule has 3 aliphatic rings. The third-order valence-electron chi connectivity index (χ3n) is 5.35. The van der Waals surface area contributed by atoms with Gasteiger partial charge in [0.1, 0.15) is 12.4 Å². The van der Waals surface area contributed by atoms with Gasteiger partial charge in [-0.15, -0.1) is 0 Å². The molecule has 0 bridgehead atoms. The molecule has 18 heavy (non-hydrogen) atoms. The molecule has 0 amide bonds. The zero-order valence-corrected chi connectivity index (χ0v) is 10.7. The molecule has 1 unspecified atom stereocenters. The monoisotopic (exact) mass is 251 g/mol. The largest absolute Gasteiger partial charge is 0.462 e. The number of hydrogen-bond donors (Lipinski definition) is 1. The Hall–Kier alpha value is -0.900. The number of aldehydes is 1. The highest BCUT2D eigenvalue weighted by atomic mass is 16.6. The van der Waals surface area contributed by atoms with Crippen molar-refractivity contribution in [3.05, 3.63) is 0 Å². The van der Waals surface area contributed by atoms with Crippen LogP contribution < -0.4 is 5.73 Å². The van der Waals surface area contributed by atoms with Crippen LogP contribution in [0.15, 0.2) is 0 Å². The Morgan fingerprint density at radius 1 is 1.33 bits per heavy atom. The lowest BCUT2D eigenvalue weighted by Crippen LogP contribution is -2.47. The van der Waals surface area contributed by atoms with E-state index in [0.717, 1.165) is 32.0 Å². The maximum Gasteiger partial charge on any atom is 0.309 e. The number of fused-ring (bicyclic) bond motifs is 2. The van der Waals surface area contributed by atoms with Crippen molar-refractivity contribution >= 4 is 12.3 Å². The molecule has 2 aliphatic carbocycles. The fraction of sp³-hybridized carbons (Fsp3) is 0.857. The predicted octanol–water partition coefficient (Wildman–Crippen LogP) is 1.13. The van der Waals surface area contributed by atoms with Gasteiger partial charge in [0.25, 0.3) is 0 Å². The fourth-order valence-corrected chi connectivity index (χ4v) is 4.57. The van der Waals surface area contributed by atoms with Crippen LogP contribution in [0.1, 0.15) is 32.6 Å². The number of rotatable bonds is 1. The van der Waals surface area contributed by atoms with Crippen LogP contribution >= 0.6 is 0 Å². The summed E-state index contributed by atoms with van der Waals surface area (Å²) in [4.78, 5) is 23.4. The van der Waals surface area contributed by atoms with Crippen molar-refractivity contribution in [3.63, 3.8) is 0 Å². The lowest BCUT2D eigenvalue weighted by molar-refractivity contribution is -0.144. The van der Waals surface area contributed by atoms with Gasteiger partial charge in [-0.05, 0) is 44.4 Å². The number of ether oxygens (including phenoxy) is 1. The van der Waals surface area contributed by atoms with E-state index in [4.69, 9.17) is 10.5 Å². The summed E-state index contributed by atoms with van der Waals surface area (Å²) in [7, 11) is 0. The second-order valence-electron chi connectivity index (χ2n) is 6.27. The van der Waals surface area contributed by atoms with E-state index in [1.807, 2.05) is 6.92 Å². The molecule has 0 aromatic carbocycles. The summed E-state index contributed by atoms with van der Waals surface area (Å²) < 4.78 is 5.34.